The molecule has 0 aromatic heterocycles. The SMILES string of the molecule is Cc1cccc2ccc(N3CCC(N4CCN(C)CC4)C3)cc12. The topological polar surface area (TPSA) is 9.72 Å². The van der Waals surface area contributed by atoms with Crippen molar-refractivity contribution in [2.45, 2.75) is 19.4 Å². The smallest absolute Gasteiger partial charge is 0.0373 e. The molecule has 4 rings (SSSR count). The van der Waals surface area contributed by atoms with Gasteiger partial charge in [-0.15, -0.1) is 0 Å². The molecular weight excluding hydrogens is 282 g/mol. The van der Waals surface area contributed by atoms with Gasteiger partial charge in [-0.2, -0.15) is 0 Å². The summed E-state index contributed by atoms with van der Waals surface area (Å²) in [6.45, 7) is 9.47. The van der Waals surface area contributed by atoms with Gasteiger partial charge in [-0.05, 0) is 48.9 Å². The van der Waals surface area contributed by atoms with Crippen molar-refractivity contribution in [1.82, 2.24) is 9.80 Å². The van der Waals surface area contributed by atoms with Crippen LogP contribution in [0.1, 0.15) is 12.0 Å². The van der Waals surface area contributed by atoms with Crippen molar-refractivity contribution in [1.29, 1.82) is 0 Å². The molecule has 0 spiro atoms. The molecule has 2 heterocycles. The number of hydrogen-bond acceptors (Lipinski definition) is 3. The minimum absolute atomic E-state index is 0.733. The lowest BCUT2D eigenvalue weighted by atomic mass is 10.0. The molecule has 2 saturated heterocycles. The Balaban J connectivity index is 1.50. The molecule has 2 aromatic carbocycles. The maximum absolute atomic E-state index is 2.70. The number of nitrogens with zero attached hydrogens (tertiary/aromatic N) is 3. The molecule has 0 bridgehead atoms. The van der Waals surface area contributed by atoms with Crippen molar-refractivity contribution >= 4 is 16.5 Å². The van der Waals surface area contributed by atoms with Gasteiger partial charge in [0, 0.05) is 51.0 Å². The zero-order chi connectivity index (χ0) is 15.8. The monoisotopic (exact) mass is 309 g/mol. The Morgan fingerprint density at radius 2 is 1.78 bits per heavy atom. The van der Waals surface area contributed by atoms with Crippen LogP contribution in [0.15, 0.2) is 36.4 Å². The standard InChI is InChI=1S/C20H27N3/c1-16-4-3-5-17-6-7-18(14-20(16)17)23-9-8-19(15-23)22-12-10-21(2)11-13-22/h3-7,14,19H,8-13,15H2,1-2H3. The molecule has 0 saturated carbocycles. The lowest BCUT2D eigenvalue weighted by Gasteiger charge is -2.36. The van der Waals surface area contributed by atoms with Gasteiger partial charge in [-0.25, -0.2) is 0 Å². The van der Waals surface area contributed by atoms with Gasteiger partial charge in [0.05, 0.1) is 0 Å². The van der Waals surface area contributed by atoms with Gasteiger partial charge in [0.1, 0.15) is 0 Å². The second-order valence-corrected chi connectivity index (χ2v) is 7.21. The minimum atomic E-state index is 0.733. The molecule has 0 N–H and O–H groups in total. The number of benzene rings is 2. The zero-order valence-electron chi connectivity index (χ0n) is 14.3. The Hall–Kier alpha value is -1.58. The van der Waals surface area contributed by atoms with Crippen LogP contribution in [0.3, 0.4) is 0 Å². The highest BCUT2D eigenvalue weighted by Gasteiger charge is 2.29. The van der Waals surface area contributed by atoms with Crippen molar-refractivity contribution in [3.05, 3.63) is 42.0 Å². The van der Waals surface area contributed by atoms with E-state index in [0.717, 1.165) is 6.04 Å². The maximum atomic E-state index is 2.70. The molecule has 0 radical (unpaired) electrons. The van der Waals surface area contributed by atoms with Crippen LogP contribution in [0, 0.1) is 6.92 Å². The number of rotatable bonds is 2. The van der Waals surface area contributed by atoms with Gasteiger partial charge in [-0.1, -0.05) is 24.3 Å². The van der Waals surface area contributed by atoms with Crippen LogP contribution in [0.5, 0.6) is 0 Å². The third-order valence-corrected chi connectivity index (χ3v) is 5.67. The van der Waals surface area contributed by atoms with Crippen LogP contribution in [0.25, 0.3) is 10.8 Å². The lowest BCUT2D eigenvalue weighted by molar-refractivity contribution is 0.120. The van der Waals surface area contributed by atoms with Crippen molar-refractivity contribution in [2.24, 2.45) is 0 Å². The van der Waals surface area contributed by atoms with E-state index in [0.29, 0.717) is 0 Å². The summed E-state index contributed by atoms with van der Waals surface area (Å²) >= 11 is 0. The van der Waals surface area contributed by atoms with Crippen LogP contribution in [0.4, 0.5) is 5.69 Å². The highest BCUT2D eigenvalue weighted by Crippen LogP contribution is 2.28. The Morgan fingerprint density at radius 3 is 2.61 bits per heavy atom. The van der Waals surface area contributed by atoms with E-state index < -0.39 is 0 Å². The average molecular weight is 309 g/mol. The van der Waals surface area contributed by atoms with Gasteiger partial charge in [0.15, 0.2) is 0 Å². The van der Waals surface area contributed by atoms with Gasteiger partial charge in [0.25, 0.3) is 0 Å². The number of hydrogen-bond donors (Lipinski definition) is 0. The first-order valence-corrected chi connectivity index (χ1v) is 8.87. The van der Waals surface area contributed by atoms with Crippen molar-refractivity contribution in [3.8, 4) is 0 Å². The molecule has 1 unspecified atom stereocenters. The van der Waals surface area contributed by atoms with Gasteiger partial charge in [-0.3, -0.25) is 4.90 Å². The van der Waals surface area contributed by atoms with Crippen LogP contribution >= 0.6 is 0 Å². The summed E-state index contributed by atoms with van der Waals surface area (Å²) in [5.74, 6) is 0. The fourth-order valence-corrected chi connectivity index (χ4v) is 4.08. The molecule has 2 aliphatic heterocycles. The highest BCUT2D eigenvalue weighted by atomic mass is 15.3. The Kier molecular flexibility index (Phi) is 4.00. The van der Waals surface area contributed by atoms with Crippen LogP contribution < -0.4 is 4.90 Å². The molecule has 3 nitrogen and oxygen atoms in total. The van der Waals surface area contributed by atoms with Gasteiger partial charge >= 0.3 is 0 Å². The van der Waals surface area contributed by atoms with Crippen molar-refractivity contribution in [3.63, 3.8) is 0 Å². The van der Waals surface area contributed by atoms with E-state index in [-0.39, 0.29) is 0 Å². The van der Waals surface area contributed by atoms with Crippen molar-refractivity contribution in [2.75, 3.05) is 51.2 Å². The van der Waals surface area contributed by atoms with Crippen molar-refractivity contribution < 1.29 is 0 Å². The van der Waals surface area contributed by atoms with Gasteiger partial charge < -0.3 is 9.80 Å². The summed E-state index contributed by atoms with van der Waals surface area (Å²) in [5.41, 5.74) is 2.77. The van der Waals surface area contributed by atoms with E-state index in [2.05, 4.69) is 65.1 Å². The van der Waals surface area contributed by atoms with E-state index >= 15 is 0 Å². The summed E-state index contributed by atoms with van der Waals surface area (Å²) in [6.07, 6.45) is 1.30. The van der Waals surface area contributed by atoms with E-state index in [1.54, 1.807) is 0 Å². The zero-order valence-corrected chi connectivity index (χ0v) is 14.3. The number of aryl methyl sites for hydroxylation is 1. The molecule has 122 valence electrons. The molecule has 0 aliphatic carbocycles. The van der Waals surface area contributed by atoms with Crippen LogP contribution in [-0.4, -0.2) is 62.2 Å². The van der Waals surface area contributed by atoms with E-state index in [4.69, 9.17) is 0 Å². The van der Waals surface area contributed by atoms with Gasteiger partial charge in [0.2, 0.25) is 0 Å². The summed E-state index contributed by atoms with van der Waals surface area (Å²) in [6, 6.07) is 14.3. The molecule has 2 aromatic rings. The molecule has 0 amide bonds. The molecule has 23 heavy (non-hydrogen) atoms. The van der Waals surface area contributed by atoms with E-state index in [1.807, 2.05) is 0 Å². The van der Waals surface area contributed by atoms with Crippen LogP contribution in [0.2, 0.25) is 0 Å². The Morgan fingerprint density at radius 1 is 0.957 bits per heavy atom. The highest BCUT2D eigenvalue weighted by molar-refractivity contribution is 5.88. The maximum Gasteiger partial charge on any atom is 0.0373 e. The predicted octanol–water partition coefficient (Wildman–Crippen LogP) is 2.97. The summed E-state index contributed by atoms with van der Waals surface area (Å²) in [7, 11) is 2.23. The normalized spacial score (nSPS) is 23.7. The Bertz CT molecular complexity index is 688. The lowest BCUT2D eigenvalue weighted by Crippen LogP contribution is -2.49. The molecule has 2 aliphatic rings. The number of fused-ring (bicyclic) bond motifs is 1. The Labute approximate surface area is 139 Å². The number of anilines is 1. The predicted molar refractivity (Wildman–Crippen MR) is 98.4 cm³/mol. The minimum Gasteiger partial charge on any atom is -0.370 e. The summed E-state index contributed by atoms with van der Waals surface area (Å²) in [5, 5.41) is 2.75. The fourth-order valence-electron chi connectivity index (χ4n) is 4.08. The van der Waals surface area contributed by atoms with E-state index in [9.17, 15) is 0 Å². The van der Waals surface area contributed by atoms with Crippen LogP contribution in [-0.2, 0) is 0 Å². The second kappa shape index (κ2) is 6.14. The second-order valence-electron chi connectivity index (χ2n) is 7.21. The first-order valence-electron chi connectivity index (χ1n) is 8.87. The summed E-state index contributed by atoms with van der Waals surface area (Å²) in [4.78, 5) is 7.72. The third-order valence-electron chi connectivity index (χ3n) is 5.67. The molecule has 2 fully saturated rings. The molecule has 1 atom stereocenters. The number of likely N-dealkylation sites (N-methyl/N-ethyl adjacent to an activating group) is 1. The molecular formula is C20H27N3. The fraction of sp³-hybridized carbons (Fsp3) is 0.500. The number of piperazine rings is 1. The largest absolute Gasteiger partial charge is 0.370 e. The summed E-state index contributed by atoms with van der Waals surface area (Å²) < 4.78 is 0. The third kappa shape index (κ3) is 2.96. The molecule has 3 heteroatoms. The first-order chi connectivity index (χ1) is 11.2. The van der Waals surface area contributed by atoms with E-state index in [1.165, 1.54) is 67.7 Å². The quantitative estimate of drug-likeness (QED) is 0.844. The first kappa shape index (κ1) is 15.0. The average Bonchev–Trinajstić information content (AvgIpc) is 3.06.